The third-order valence-corrected chi connectivity index (χ3v) is 2.86. The molecule has 0 amide bonds. The number of unbranched alkanes of at least 4 members (excludes halogenated alkanes) is 1. The molecule has 2 unspecified atom stereocenters. The topological polar surface area (TPSA) is 26.0 Å². The van der Waals surface area contributed by atoms with Crippen molar-refractivity contribution >= 4 is 0 Å². The van der Waals surface area contributed by atoms with Crippen molar-refractivity contribution in [2.75, 3.05) is 0 Å². The van der Waals surface area contributed by atoms with E-state index in [2.05, 4.69) is 5.92 Å². The number of rotatable bonds is 3. The van der Waals surface area contributed by atoms with E-state index in [-0.39, 0.29) is 0 Å². The summed E-state index contributed by atoms with van der Waals surface area (Å²) in [7, 11) is 0. The Morgan fingerprint density at radius 2 is 2.08 bits per heavy atom. The smallest absolute Gasteiger partial charge is 0.00861 e. The Morgan fingerprint density at radius 1 is 1.33 bits per heavy atom. The summed E-state index contributed by atoms with van der Waals surface area (Å²) in [4.78, 5) is 0. The second-order valence-electron chi connectivity index (χ2n) is 3.80. The lowest BCUT2D eigenvalue weighted by molar-refractivity contribution is 0.288. The molecule has 1 aliphatic carbocycles. The van der Waals surface area contributed by atoms with Gasteiger partial charge in [0.1, 0.15) is 0 Å². The van der Waals surface area contributed by atoms with Crippen molar-refractivity contribution in [1.82, 2.24) is 0 Å². The molecule has 1 rings (SSSR count). The summed E-state index contributed by atoms with van der Waals surface area (Å²) in [6.45, 7) is 0. The molecular weight excluding hydrogens is 146 g/mol. The molecule has 0 heterocycles. The van der Waals surface area contributed by atoms with Crippen LogP contribution in [0.1, 0.15) is 44.9 Å². The highest BCUT2D eigenvalue weighted by atomic mass is 14.7. The van der Waals surface area contributed by atoms with E-state index in [4.69, 9.17) is 12.2 Å². The van der Waals surface area contributed by atoms with E-state index < -0.39 is 0 Å². The van der Waals surface area contributed by atoms with E-state index >= 15 is 0 Å². The van der Waals surface area contributed by atoms with Gasteiger partial charge in [0.25, 0.3) is 0 Å². The maximum absolute atomic E-state index is 6.01. The minimum Gasteiger partial charge on any atom is -0.327 e. The van der Waals surface area contributed by atoms with Crippen molar-refractivity contribution in [3.8, 4) is 12.3 Å². The number of terminal acetylenes is 1. The van der Waals surface area contributed by atoms with Crippen molar-refractivity contribution in [2.24, 2.45) is 11.7 Å². The molecule has 1 heteroatoms. The predicted octanol–water partition coefficient (Wildman–Crippen LogP) is 2.31. The molecule has 0 aliphatic heterocycles. The van der Waals surface area contributed by atoms with Gasteiger partial charge >= 0.3 is 0 Å². The molecule has 0 spiro atoms. The van der Waals surface area contributed by atoms with Crippen LogP contribution < -0.4 is 5.73 Å². The van der Waals surface area contributed by atoms with Gasteiger partial charge in [0.15, 0.2) is 0 Å². The predicted molar refractivity (Wildman–Crippen MR) is 52.6 cm³/mol. The summed E-state index contributed by atoms with van der Waals surface area (Å²) in [5, 5.41) is 0. The molecule has 2 N–H and O–H groups in total. The van der Waals surface area contributed by atoms with E-state index in [0.717, 1.165) is 18.8 Å². The van der Waals surface area contributed by atoms with Crippen LogP contribution in [0.5, 0.6) is 0 Å². The first-order chi connectivity index (χ1) is 5.84. The standard InChI is InChI=1S/C11H19N/c1-2-3-4-7-10-8-5-6-9-11(10)12/h1,10-11H,3-9,12H2. The van der Waals surface area contributed by atoms with Crippen molar-refractivity contribution in [3.05, 3.63) is 0 Å². The molecule has 12 heavy (non-hydrogen) atoms. The first-order valence-electron chi connectivity index (χ1n) is 5.03. The SMILES string of the molecule is C#CCCCC1CCCCC1N. The maximum atomic E-state index is 6.01. The minimum absolute atomic E-state index is 0.455. The van der Waals surface area contributed by atoms with Gasteiger partial charge in [-0.05, 0) is 31.6 Å². The van der Waals surface area contributed by atoms with Gasteiger partial charge in [-0.3, -0.25) is 0 Å². The molecule has 0 bridgehead atoms. The Bertz CT molecular complexity index is 157. The third kappa shape index (κ3) is 2.87. The van der Waals surface area contributed by atoms with E-state index in [0.29, 0.717) is 6.04 Å². The second-order valence-corrected chi connectivity index (χ2v) is 3.80. The van der Waals surface area contributed by atoms with Crippen LogP contribution in [0, 0.1) is 18.3 Å². The zero-order chi connectivity index (χ0) is 8.81. The van der Waals surface area contributed by atoms with E-state index in [1.54, 1.807) is 0 Å². The van der Waals surface area contributed by atoms with Crippen LogP contribution in [0.2, 0.25) is 0 Å². The zero-order valence-electron chi connectivity index (χ0n) is 7.76. The summed E-state index contributed by atoms with van der Waals surface area (Å²) >= 11 is 0. The lowest BCUT2D eigenvalue weighted by Crippen LogP contribution is -2.32. The van der Waals surface area contributed by atoms with Crippen LogP contribution in [0.15, 0.2) is 0 Å². The third-order valence-electron chi connectivity index (χ3n) is 2.86. The average Bonchev–Trinajstić information content (AvgIpc) is 2.09. The van der Waals surface area contributed by atoms with E-state index in [1.165, 1.54) is 32.1 Å². The molecule has 0 saturated heterocycles. The first-order valence-corrected chi connectivity index (χ1v) is 5.03. The molecule has 0 aromatic rings. The maximum Gasteiger partial charge on any atom is 0.00861 e. The van der Waals surface area contributed by atoms with Crippen LogP contribution in [-0.4, -0.2) is 6.04 Å². The van der Waals surface area contributed by atoms with Gasteiger partial charge in [0.2, 0.25) is 0 Å². The van der Waals surface area contributed by atoms with Crippen LogP contribution in [0.3, 0.4) is 0 Å². The first kappa shape index (κ1) is 9.61. The summed E-state index contributed by atoms with van der Waals surface area (Å²) in [6.07, 6.45) is 13.8. The number of hydrogen-bond donors (Lipinski definition) is 1. The Kier molecular flexibility index (Phi) is 4.18. The monoisotopic (exact) mass is 165 g/mol. The van der Waals surface area contributed by atoms with Crippen LogP contribution in [0.4, 0.5) is 0 Å². The molecule has 1 fully saturated rings. The fourth-order valence-electron chi connectivity index (χ4n) is 2.06. The molecule has 1 aliphatic rings. The van der Waals surface area contributed by atoms with Crippen molar-refractivity contribution in [2.45, 2.75) is 51.0 Å². The van der Waals surface area contributed by atoms with Gasteiger partial charge < -0.3 is 5.73 Å². The lowest BCUT2D eigenvalue weighted by Gasteiger charge is -2.28. The number of hydrogen-bond acceptors (Lipinski definition) is 1. The largest absolute Gasteiger partial charge is 0.327 e. The summed E-state index contributed by atoms with van der Waals surface area (Å²) < 4.78 is 0. The Morgan fingerprint density at radius 3 is 2.75 bits per heavy atom. The molecule has 2 atom stereocenters. The molecule has 0 radical (unpaired) electrons. The van der Waals surface area contributed by atoms with Crippen LogP contribution in [0.25, 0.3) is 0 Å². The molecule has 0 aromatic carbocycles. The quantitative estimate of drug-likeness (QED) is 0.504. The molecule has 1 saturated carbocycles. The van der Waals surface area contributed by atoms with Crippen molar-refractivity contribution < 1.29 is 0 Å². The van der Waals surface area contributed by atoms with E-state index in [9.17, 15) is 0 Å². The second kappa shape index (κ2) is 5.22. The van der Waals surface area contributed by atoms with Crippen molar-refractivity contribution in [3.63, 3.8) is 0 Å². The fourth-order valence-corrected chi connectivity index (χ4v) is 2.06. The highest BCUT2D eigenvalue weighted by Crippen LogP contribution is 2.26. The molecule has 1 nitrogen and oxygen atoms in total. The Labute approximate surface area is 75.7 Å². The summed E-state index contributed by atoms with van der Waals surface area (Å²) in [5.41, 5.74) is 6.01. The van der Waals surface area contributed by atoms with Gasteiger partial charge in [0.05, 0.1) is 0 Å². The van der Waals surface area contributed by atoms with E-state index in [1.807, 2.05) is 0 Å². The zero-order valence-corrected chi connectivity index (χ0v) is 7.76. The number of nitrogens with two attached hydrogens (primary N) is 1. The highest BCUT2D eigenvalue weighted by Gasteiger charge is 2.20. The van der Waals surface area contributed by atoms with Crippen LogP contribution >= 0.6 is 0 Å². The Balaban J connectivity index is 2.16. The lowest BCUT2D eigenvalue weighted by atomic mass is 9.82. The van der Waals surface area contributed by atoms with Crippen molar-refractivity contribution in [1.29, 1.82) is 0 Å². The molecule has 0 aromatic heterocycles. The highest BCUT2D eigenvalue weighted by molar-refractivity contribution is 4.85. The van der Waals surface area contributed by atoms with Gasteiger partial charge in [-0.1, -0.05) is 12.8 Å². The molecular formula is C11H19N. The van der Waals surface area contributed by atoms with Crippen LogP contribution in [-0.2, 0) is 0 Å². The fraction of sp³-hybridized carbons (Fsp3) is 0.818. The van der Waals surface area contributed by atoms with Gasteiger partial charge in [-0.25, -0.2) is 0 Å². The van der Waals surface area contributed by atoms with Gasteiger partial charge in [0, 0.05) is 12.5 Å². The Hall–Kier alpha value is -0.480. The summed E-state index contributed by atoms with van der Waals surface area (Å²) in [6, 6.07) is 0.455. The van der Waals surface area contributed by atoms with Gasteiger partial charge in [-0.2, -0.15) is 0 Å². The summed E-state index contributed by atoms with van der Waals surface area (Å²) in [5.74, 6) is 3.44. The molecule has 68 valence electrons. The minimum atomic E-state index is 0.455. The normalized spacial score (nSPS) is 29.7. The average molecular weight is 165 g/mol. The van der Waals surface area contributed by atoms with Gasteiger partial charge in [-0.15, -0.1) is 12.3 Å².